The fourth-order valence-electron chi connectivity index (χ4n) is 0. The van der Waals surface area contributed by atoms with Crippen molar-refractivity contribution >= 4 is 61.1 Å². The summed E-state index contributed by atoms with van der Waals surface area (Å²) in [4.78, 5) is 8.56. The largest absolute Gasteiger partial charge is 1.00 e. The van der Waals surface area contributed by atoms with Gasteiger partial charge in [-0.3, -0.25) is 0 Å². The summed E-state index contributed by atoms with van der Waals surface area (Å²) in [5.74, 6) is 0. The maximum atomic E-state index is 8.56. The van der Waals surface area contributed by atoms with E-state index < -0.39 is 6.16 Å². The van der Waals surface area contributed by atoms with E-state index in [1.165, 1.54) is 16.0 Å². The molecule has 8 heteroatoms. The van der Waals surface area contributed by atoms with Gasteiger partial charge < -0.3 is 11.6 Å². The van der Waals surface area contributed by atoms with E-state index >= 15 is 0 Å². The molecule has 9 heavy (non-hydrogen) atoms. The van der Waals surface area contributed by atoms with Crippen molar-refractivity contribution in [1.82, 2.24) is 0 Å². The summed E-state index contributed by atoms with van der Waals surface area (Å²) >= 11 is 4.00. The average Bonchev–Trinajstić information content (AvgIpc) is 1.41. The monoisotopic (exact) mass is 417 g/mol. The Balaban J connectivity index is -0.00000000625. The Morgan fingerprint density at radius 1 is 1.44 bits per heavy atom. The SMILES string of the molecule is O=C(O)O.[Cu].[GaH]=[Se].[H-].[InH3].[Na+]. The molecular formula is CH7CuGaInNaO3Se. The van der Waals surface area contributed by atoms with Crippen LogP contribution in [0.2, 0.25) is 0 Å². The number of rotatable bonds is 0. The van der Waals surface area contributed by atoms with Crippen molar-refractivity contribution in [1.29, 1.82) is 0 Å². The Hall–Kier alpha value is 2.82. The molecule has 0 unspecified atom stereocenters. The number of carboxylic acid groups (broad SMARTS) is 2. The first kappa shape index (κ1) is 29.8. The maximum absolute atomic E-state index is 8.56. The van der Waals surface area contributed by atoms with Crippen LogP contribution in [0.4, 0.5) is 4.79 Å². The van der Waals surface area contributed by atoms with Crippen LogP contribution in [0.3, 0.4) is 0 Å². The second-order valence-electron chi connectivity index (χ2n) is 0.283. The smallest absolute Gasteiger partial charge is 1.00 e. The second kappa shape index (κ2) is 30.8. The van der Waals surface area contributed by atoms with E-state index in [0.29, 0.717) is 0 Å². The molecule has 0 aliphatic carbocycles. The van der Waals surface area contributed by atoms with Crippen LogP contribution in [0.15, 0.2) is 0 Å². The van der Waals surface area contributed by atoms with Gasteiger partial charge in [-0.2, -0.15) is 0 Å². The fraction of sp³-hybridized carbons (Fsp3) is 0. The summed E-state index contributed by atoms with van der Waals surface area (Å²) in [5, 5.41) is 13.9. The topological polar surface area (TPSA) is 57.5 Å². The van der Waals surface area contributed by atoms with Gasteiger partial charge in [0.1, 0.15) is 0 Å². The molecule has 0 aliphatic rings. The summed E-state index contributed by atoms with van der Waals surface area (Å²) in [6.07, 6.45) is -1.83. The van der Waals surface area contributed by atoms with Crippen LogP contribution in [0.5, 0.6) is 0 Å². The van der Waals surface area contributed by atoms with Gasteiger partial charge in [-0.25, -0.2) is 4.79 Å². The Morgan fingerprint density at radius 3 is 1.44 bits per heavy atom. The number of carbonyl (C=O) groups is 1. The predicted octanol–water partition coefficient (Wildman–Crippen LogP) is -4.88. The molecule has 0 aliphatic heterocycles. The van der Waals surface area contributed by atoms with Gasteiger partial charge >= 0.3 is 90.7 Å². The van der Waals surface area contributed by atoms with Gasteiger partial charge in [0.15, 0.2) is 0 Å². The zero-order valence-corrected chi connectivity index (χ0v) is 11.8. The Bertz CT molecular complexity index is 59.8. The first-order valence-corrected chi connectivity index (χ1v) is 8.45. The van der Waals surface area contributed by atoms with Crippen molar-refractivity contribution in [2.24, 2.45) is 0 Å². The van der Waals surface area contributed by atoms with Crippen molar-refractivity contribution in [3.05, 3.63) is 0 Å². The van der Waals surface area contributed by atoms with E-state index in [4.69, 9.17) is 15.0 Å². The molecule has 53 valence electrons. The fourth-order valence-corrected chi connectivity index (χ4v) is 0. The minimum atomic E-state index is -1.83. The van der Waals surface area contributed by atoms with E-state index in [1.807, 2.05) is 0 Å². The summed E-state index contributed by atoms with van der Waals surface area (Å²) in [5.41, 5.74) is 0. The molecule has 0 fully saturated rings. The molecule has 0 aromatic carbocycles. The molecule has 0 rings (SSSR count). The first-order valence-electron chi connectivity index (χ1n) is 0.940. The summed E-state index contributed by atoms with van der Waals surface area (Å²) in [6.45, 7) is 0. The van der Waals surface area contributed by atoms with Crippen LogP contribution in [0.25, 0.3) is 0 Å². The molecule has 3 nitrogen and oxygen atoms in total. The third-order valence-electron chi connectivity index (χ3n) is 0. The minimum absolute atomic E-state index is 0. The molecule has 0 aromatic rings. The molecular weight excluding hydrogens is 410 g/mol. The zero-order valence-electron chi connectivity index (χ0n) is 5.22. The molecule has 0 bridgehead atoms. The summed E-state index contributed by atoms with van der Waals surface area (Å²) in [6, 6.07) is 0. The van der Waals surface area contributed by atoms with Crippen LogP contribution in [-0.4, -0.2) is 71.3 Å². The van der Waals surface area contributed by atoms with E-state index in [9.17, 15) is 0 Å². The van der Waals surface area contributed by atoms with E-state index in [2.05, 4.69) is 13.1 Å². The van der Waals surface area contributed by atoms with Crippen LogP contribution in [0.1, 0.15) is 1.43 Å². The summed E-state index contributed by atoms with van der Waals surface area (Å²) in [7, 11) is 0. The van der Waals surface area contributed by atoms with Gasteiger partial charge in [0.2, 0.25) is 0 Å². The Kier molecular flexibility index (Phi) is 102. The van der Waals surface area contributed by atoms with Gasteiger partial charge in [-0.15, -0.1) is 0 Å². The van der Waals surface area contributed by atoms with Crippen molar-refractivity contribution in [3.63, 3.8) is 0 Å². The van der Waals surface area contributed by atoms with Gasteiger partial charge in [-0.1, -0.05) is 0 Å². The van der Waals surface area contributed by atoms with Crippen molar-refractivity contribution in [2.45, 2.75) is 0 Å². The quantitative estimate of drug-likeness (QED) is 0.389. The molecule has 0 aromatic heterocycles. The van der Waals surface area contributed by atoms with Gasteiger partial charge in [0, 0.05) is 17.1 Å². The number of hydrogen-bond acceptors (Lipinski definition) is 1. The van der Waals surface area contributed by atoms with Gasteiger partial charge in [0.05, 0.1) is 0 Å². The molecule has 0 saturated heterocycles. The maximum Gasteiger partial charge on any atom is 1.00 e. The number of hydrogen-bond donors (Lipinski definition) is 2. The minimum Gasteiger partial charge on any atom is 1.00 e. The molecule has 0 amide bonds. The normalized spacial score (nSPS) is 3.00. The molecule has 0 saturated carbocycles. The van der Waals surface area contributed by atoms with Crippen LogP contribution in [-0.2, 0) is 17.1 Å². The molecule has 0 heterocycles. The van der Waals surface area contributed by atoms with Crippen LogP contribution >= 0.6 is 0 Å². The third kappa shape index (κ3) is 106. The van der Waals surface area contributed by atoms with Gasteiger partial charge in [-0.05, 0) is 0 Å². The second-order valence-corrected chi connectivity index (χ2v) is 0.283. The van der Waals surface area contributed by atoms with Crippen LogP contribution in [0, 0.1) is 0 Å². The first-order chi connectivity index (χ1) is 2.73. The van der Waals surface area contributed by atoms with Crippen molar-refractivity contribution < 1.29 is 63.1 Å². The third-order valence-corrected chi connectivity index (χ3v) is 0. The van der Waals surface area contributed by atoms with E-state index in [1.54, 1.807) is 0 Å². The van der Waals surface area contributed by atoms with Crippen molar-refractivity contribution in [3.8, 4) is 0 Å². The van der Waals surface area contributed by atoms with E-state index in [-0.39, 0.29) is 73.9 Å². The standard InChI is InChI=1S/CH2O3.Cu.Ga.In.Na.Se.5H/c2-1(3)4;;;;;;;;;;/h(H2,2,3,4);;;;;;;;;;/q;;;;+1;;;;;;-1. The average molecular weight is 417 g/mol. The summed E-state index contributed by atoms with van der Waals surface area (Å²) < 4.78 is 0. The molecule has 2 N–H and O–H groups in total. The van der Waals surface area contributed by atoms with Gasteiger partial charge in [0.25, 0.3) is 0 Å². The predicted molar refractivity (Wildman–Crippen MR) is 34.6 cm³/mol. The Labute approximate surface area is 122 Å². The molecule has 1 radical (unpaired) electrons. The van der Waals surface area contributed by atoms with Crippen molar-refractivity contribution in [2.75, 3.05) is 0 Å². The Morgan fingerprint density at radius 2 is 1.44 bits per heavy atom. The molecule has 0 spiro atoms. The zero-order chi connectivity index (χ0) is 5.58. The van der Waals surface area contributed by atoms with E-state index in [0.717, 1.165) is 0 Å². The molecule has 0 atom stereocenters. The van der Waals surface area contributed by atoms with Crippen LogP contribution < -0.4 is 29.6 Å².